The fraction of sp³-hybridized carbons (Fsp3) is 0.611. The average Bonchev–Trinajstić information content (AvgIpc) is 2.52. The number of esters is 1. The quantitative estimate of drug-likeness (QED) is 0.431. The monoisotopic (exact) mass is 292 g/mol. The number of ether oxygens (including phenoxy) is 2. The van der Waals surface area contributed by atoms with Crippen molar-refractivity contribution in [3.05, 3.63) is 29.8 Å². The molecule has 0 unspecified atom stereocenters. The van der Waals surface area contributed by atoms with Crippen molar-refractivity contribution >= 4 is 5.97 Å². The van der Waals surface area contributed by atoms with Crippen LogP contribution in [0, 0.1) is 0 Å². The molecule has 1 aromatic carbocycles. The molecule has 0 atom stereocenters. The lowest BCUT2D eigenvalue weighted by molar-refractivity contribution is -0.145. The van der Waals surface area contributed by atoms with Crippen molar-refractivity contribution in [1.82, 2.24) is 0 Å². The van der Waals surface area contributed by atoms with Gasteiger partial charge in [0.15, 0.2) is 0 Å². The molecule has 3 nitrogen and oxygen atoms in total. The minimum Gasteiger partial charge on any atom is -0.497 e. The van der Waals surface area contributed by atoms with Gasteiger partial charge in [-0.15, -0.1) is 0 Å². The zero-order valence-electron chi connectivity index (χ0n) is 13.4. The van der Waals surface area contributed by atoms with Crippen LogP contribution in [0.5, 0.6) is 5.75 Å². The molecule has 0 bridgehead atoms. The summed E-state index contributed by atoms with van der Waals surface area (Å²) in [5, 5.41) is 0. The molecular weight excluding hydrogens is 264 g/mol. The fourth-order valence-electron chi connectivity index (χ4n) is 2.22. The summed E-state index contributed by atoms with van der Waals surface area (Å²) in [6.07, 6.45) is 9.00. The first kappa shape index (κ1) is 17.5. The van der Waals surface area contributed by atoms with Crippen LogP contribution in [0.25, 0.3) is 0 Å². The van der Waals surface area contributed by atoms with E-state index >= 15 is 0 Å². The molecule has 0 aromatic heterocycles. The van der Waals surface area contributed by atoms with Crippen LogP contribution >= 0.6 is 0 Å². The summed E-state index contributed by atoms with van der Waals surface area (Å²) in [7, 11) is 1.63. The topological polar surface area (TPSA) is 35.5 Å². The summed E-state index contributed by atoms with van der Waals surface area (Å²) in [6, 6.07) is 7.60. The maximum atomic E-state index is 11.7. The Balaban J connectivity index is 2.08. The third kappa shape index (κ3) is 8.38. The van der Waals surface area contributed by atoms with Crippen molar-refractivity contribution in [3.63, 3.8) is 0 Å². The van der Waals surface area contributed by atoms with Gasteiger partial charge in [0.1, 0.15) is 12.4 Å². The van der Waals surface area contributed by atoms with Gasteiger partial charge in [-0.1, -0.05) is 57.6 Å². The Kier molecular flexibility index (Phi) is 9.34. The van der Waals surface area contributed by atoms with Crippen LogP contribution in [0.15, 0.2) is 24.3 Å². The first-order valence-electron chi connectivity index (χ1n) is 8.04. The van der Waals surface area contributed by atoms with Crippen LogP contribution in [0.1, 0.15) is 63.9 Å². The van der Waals surface area contributed by atoms with E-state index in [0.717, 1.165) is 24.2 Å². The van der Waals surface area contributed by atoms with E-state index in [4.69, 9.17) is 9.47 Å². The molecule has 1 rings (SSSR count). The smallest absolute Gasteiger partial charge is 0.306 e. The molecule has 0 radical (unpaired) electrons. The van der Waals surface area contributed by atoms with Crippen molar-refractivity contribution in [3.8, 4) is 5.75 Å². The Morgan fingerprint density at radius 1 is 1.05 bits per heavy atom. The Morgan fingerprint density at radius 3 is 2.48 bits per heavy atom. The van der Waals surface area contributed by atoms with Gasteiger partial charge >= 0.3 is 5.97 Å². The van der Waals surface area contributed by atoms with Gasteiger partial charge < -0.3 is 9.47 Å². The zero-order chi connectivity index (χ0) is 15.3. The molecule has 0 fully saturated rings. The minimum atomic E-state index is -0.105. The van der Waals surface area contributed by atoms with Gasteiger partial charge in [0.2, 0.25) is 0 Å². The normalized spacial score (nSPS) is 10.4. The van der Waals surface area contributed by atoms with E-state index in [0.29, 0.717) is 13.0 Å². The van der Waals surface area contributed by atoms with Gasteiger partial charge in [-0.25, -0.2) is 0 Å². The molecule has 118 valence electrons. The first-order chi connectivity index (χ1) is 10.3. The van der Waals surface area contributed by atoms with Crippen molar-refractivity contribution in [2.75, 3.05) is 7.11 Å². The van der Waals surface area contributed by atoms with Crippen LogP contribution in [0.3, 0.4) is 0 Å². The largest absolute Gasteiger partial charge is 0.497 e. The van der Waals surface area contributed by atoms with Gasteiger partial charge in [0, 0.05) is 6.42 Å². The van der Waals surface area contributed by atoms with Crippen molar-refractivity contribution in [2.45, 2.75) is 64.9 Å². The lowest BCUT2D eigenvalue weighted by Gasteiger charge is -2.06. The van der Waals surface area contributed by atoms with Crippen LogP contribution < -0.4 is 4.74 Å². The van der Waals surface area contributed by atoms with Crippen LogP contribution in [-0.2, 0) is 16.1 Å². The van der Waals surface area contributed by atoms with E-state index in [1.54, 1.807) is 7.11 Å². The molecule has 0 aliphatic rings. The first-order valence-corrected chi connectivity index (χ1v) is 8.04. The second-order valence-electron chi connectivity index (χ2n) is 5.38. The lowest BCUT2D eigenvalue weighted by atomic mass is 10.1. The summed E-state index contributed by atoms with van der Waals surface area (Å²) in [6.45, 7) is 2.55. The molecule has 0 spiro atoms. The number of hydrogen-bond donors (Lipinski definition) is 0. The Bertz CT molecular complexity index is 401. The van der Waals surface area contributed by atoms with E-state index in [1.165, 1.54) is 32.1 Å². The van der Waals surface area contributed by atoms with Gasteiger partial charge in [-0.2, -0.15) is 0 Å². The Hall–Kier alpha value is -1.51. The minimum absolute atomic E-state index is 0.105. The SMILES string of the molecule is CCCCCCCCCC(=O)OCc1cccc(OC)c1. The van der Waals surface area contributed by atoms with Crippen LogP contribution in [-0.4, -0.2) is 13.1 Å². The lowest BCUT2D eigenvalue weighted by Crippen LogP contribution is -2.04. The van der Waals surface area contributed by atoms with E-state index in [9.17, 15) is 4.79 Å². The number of methoxy groups -OCH3 is 1. The number of carbonyl (C=O) groups excluding carboxylic acids is 1. The molecule has 0 heterocycles. The third-order valence-electron chi connectivity index (χ3n) is 3.52. The molecule has 0 aliphatic carbocycles. The maximum Gasteiger partial charge on any atom is 0.306 e. The zero-order valence-corrected chi connectivity index (χ0v) is 13.4. The van der Waals surface area contributed by atoms with E-state index in [-0.39, 0.29) is 5.97 Å². The highest BCUT2D eigenvalue weighted by Gasteiger charge is 2.04. The van der Waals surface area contributed by atoms with Crippen LogP contribution in [0.2, 0.25) is 0 Å². The van der Waals surface area contributed by atoms with Crippen molar-refractivity contribution < 1.29 is 14.3 Å². The third-order valence-corrected chi connectivity index (χ3v) is 3.52. The summed E-state index contributed by atoms with van der Waals surface area (Å²) < 4.78 is 10.4. The Morgan fingerprint density at radius 2 is 1.76 bits per heavy atom. The highest BCUT2D eigenvalue weighted by molar-refractivity contribution is 5.69. The predicted molar refractivity (Wildman–Crippen MR) is 85.4 cm³/mol. The average molecular weight is 292 g/mol. The predicted octanol–water partition coefficient (Wildman–Crippen LogP) is 4.88. The molecule has 0 N–H and O–H groups in total. The molecule has 0 amide bonds. The summed E-state index contributed by atoms with van der Waals surface area (Å²) >= 11 is 0. The molecule has 1 aromatic rings. The summed E-state index contributed by atoms with van der Waals surface area (Å²) in [5.74, 6) is 0.682. The van der Waals surface area contributed by atoms with Gasteiger partial charge in [-0.05, 0) is 24.1 Å². The van der Waals surface area contributed by atoms with Gasteiger partial charge in [-0.3, -0.25) is 4.79 Å². The summed E-state index contributed by atoms with van der Waals surface area (Å²) in [5.41, 5.74) is 0.960. The van der Waals surface area contributed by atoms with E-state index in [2.05, 4.69) is 6.92 Å². The van der Waals surface area contributed by atoms with Crippen molar-refractivity contribution in [1.29, 1.82) is 0 Å². The fourth-order valence-corrected chi connectivity index (χ4v) is 2.22. The Labute approximate surface area is 128 Å². The standard InChI is InChI=1S/C18H28O3/c1-3-4-5-6-7-8-9-13-18(19)21-15-16-11-10-12-17(14-16)20-2/h10-12,14H,3-9,13,15H2,1-2H3. The van der Waals surface area contributed by atoms with Crippen molar-refractivity contribution in [2.24, 2.45) is 0 Å². The second kappa shape index (κ2) is 11.2. The van der Waals surface area contributed by atoms with E-state index in [1.807, 2.05) is 24.3 Å². The van der Waals surface area contributed by atoms with Crippen LogP contribution in [0.4, 0.5) is 0 Å². The molecular formula is C18H28O3. The van der Waals surface area contributed by atoms with Gasteiger partial charge in [0.05, 0.1) is 7.11 Å². The highest BCUT2D eigenvalue weighted by Crippen LogP contribution is 2.14. The number of benzene rings is 1. The number of unbranched alkanes of at least 4 members (excludes halogenated alkanes) is 6. The molecule has 0 saturated heterocycles. The molecule has 21 heavy (non-hydrogen) atoms. The second-order valence-corrected chi connectivity index (χ2v) is 5.38. The van der Waals surface area contributed by atoms with E-state index < -0.39 is 0 Å². The van der Waals surface area contributed by atoms with Gasteiger partial charge in [0.25, 0.3) is 0 Å². The number of rotatable bonds is 11. The summed E-state index contributed by atoms with van der Waals surface area (Å²) in [4.78, 5) is 11.7. The highest BCUT2D eigenvalue weighted by atomic mass is 16.5. The molecule has 0 aliphatic heterocycles. The number of hydrogen-bond acceptors (Lipinski definition) is 3. The molecule has 0 saturated carbocycles. The maximum absolute atomic E-state index is 11.7. The molecule has 3 heteroatoms. The number of carbonyl (C=O) groups is 1.